The summed E-state index contributed by atoms with van der Waals surface area (Å²) in [6.07, 6.45) is 1.19. The lowest BCUT2D eigenvalue weighted by Gasteiger charge is -2.10. The first kappa shape index (κ1) is 17.7. The minimum atomic E-state index is -5.14. The summed E-state index contributed by atoms with van der Waals surface area (Å²) >= 11 is 0. The first-order valence-electron chi connectivity index (χ1n) is 6.90. The summed E-state index contributed by atoms with van der Waals surface area (Å²) in [4.78, 5) is 0. The molecule has 0 unspecified atom stereocenters. The maximum atomic E-state index is 14.1. The van der Waals surface area contributed by atoms with Crippen LogP contribution in [0.3, 0.4) is 0 Å². The van der Waals surface area contributed by atoms with Crippen LogP contribution in [-0.4, -0.2) is 28.6 Å². The molecule has 0 fully saturated rings. The molecule has 12 heteroatoms. The van der Waals surface area contributed by atoms with Crippen LogP contribution in [0.25, 0.3) is 5.69 Å². The molecule has 1 heterocycles. The molecule has 1 aromatic heterocycles. The fourth-order valence-corrected chi connectivity index (χ4v) is 2.34. The fraction of sp³-hybridized carbons (Fsp3) is 0.0714. The maximum Gasteiger partial charge on any atom is 0.488 e. The molecule has 0 radical (unpaired) electrons. The number of hydrogen-bond donors (Lipinski definition) is 0. The minimum absolute atomic E-state index is 0.0997. The molecule has 0 atom stereocenters. The van der Waals surface area contributed by atoms with Crippen LogP contribution < -0.4 is 8.92 Å². The lowest BCUT2D eigenvalue weighted by atomic mass is 10.2. The molecule has 0 aliphatic heterocycles. The molecular formula is C14H9F3N4O4S. The van der Waals surface area contributed by atoms with Crippen molar-refractivity contribution in [1.82, 2.24) is 20.2 Å². The van der Waals surface area contributed by atoms with E-state index in [4.69, 9.17) is 4.74 Å². The predicted octanol–water partition coefficient (Wildman–Crippen LogP) is 2.11. The van der Waals surface area contributed by atoms with Gasteiger partial charge in [0, 0.05) is 12.1 Å². The second kappa shape index (κ2) is 7.00. The Labute approximate surface area is 145 Å². The Morgan fingerprint density at radius 3 is 2.19 bits per heavy atom. The van der Waals surface area contributed by atoms with E-state index in [2.05, 4.69) is 19.7 Å². The van der Waals surface area contributed by atoms with E-state index in [1.54, 1.807) is 0 Å². The molecule has 0 aliphatic carbocycles. The van der Waals surface area contributed by atoms with Crippen LogP contribution >= 0.6 is 0 Å². The van der Waals surface area contributed by atoms with E-state index in [9.17, 15) is 21.1 Å². The molecule has 0 spiro atoms. The van der Waals surface area contributed by atoms with Gasteiger partial charge in [-0.25, -0.2) is 13.5 Å². The lowest BCUT2D eigenvalue weighted by Crippen LogP contribution is -2.05. The van der Waals surface area contributed by atoms with E-state index >= 15 is 0 Å². The molecule has 26 heavy (non-hydrogen) atoms. The molecule has 136 valence electrons. The highest BCUT2D eigenvalue weighted by atomic mass is 32.3. The van der Waals surface area contributed by atoms with Crippen LogP contribution in [0.4, 0.5) is 12.7 Å². The van der Waals surface area contributed by atoms with Gasteiger partial charge in [0.05, 0.1) is 11.3 Å². The number of ether oxygens (including phenoxy) is 1. The average Bonchev–Trinajstić information content (AvgIpc) is 3.08. The zero-order chi connectivity index (χ0) is 18.7. The van der Waals surface area contributed by atoms with Crippen molar-refractivity contribution in [2.24, 2.45) is 0 Å². The van der Waals surface area contributed by atoms with E-state index in [1.165, 1.54) is 18.5 Å². The fourth-order valence-electron chi connectivity index (χ4n) is 2.00. The first-order chi connectivity index (χ1) is 12.3. The molecule has 0 aliphatic rings. The van der Waals surface area contributed by atoms with Gasteiger partial charge in [0.25, 0.3) is 0 Å². The van der Waals surface area contributed by atoms with Crippen LogP contribution in [0.5, 0.6) is 11.5 Å². The Bertz CT molecular complexity index is 988. The SMILES string of the molecule is O=S(=O)(F)Oc1ccc(OCc2c(F)cc(-n3cnnn3)cc2F)cc1. The van der Waals surface area contributed by atoms with Crippen LogP contribution in [0.1, 0.15) is 5.56 Å². The molecule has 0 N–H and O–H groups in total. The summed E-state index contributed by atoms with van der Waals surface area (Å²) in [7, 11) is -5.14. The first-order valence-corrected chi connectivity index (χ1v) is 8.21. The molecule has 0 saturated heterocycles. The van der Waals surface area contributed by atoms with Gasteiger partial charge in [0.2, 0.25) is 0 Å². The number of benzene rings is 2. The van der Waals surface area contributed by atoms with Crippen molar-refractivity contribution in [3.8, 4) is 17.2 Å². The largest absolute Gasteiger partial charge is 0.489 e. The quantitative estimate of drug-likeness (QED) is 0.599. The van der Waals surface area contributed by atoms with Crippen LogP contribution in [-0.2, 0) is 17.1 Å². The summed E-state index contributed by atoms with van der Waals surface area (Å²) < 4.78 is 71.7. The Balaban J connectivity index is 1.72. The topological polar surface area (TPSA) is 96.2 Å². The highest BCUT2D eigenvalue weighted by Gasteiger charge is 2.14. The van der Waals surface area contributed by atoms with E-state index in [1.807, 2.05) is 0 Å². The van der Waals surface area contributed by atoms with Gasteiger partial charge < -0.3 is 8.92 Å². The van der Waals surface area contributed by atoms with Gasteiger partial charge in [0.1, 0.15) is 36.1 Å². The van der Waals surface area contributed by atoms with Crippen LogP contribution in [0.15, 0.2) is 42.7 Å². The van der Waals surface area contributed by atoms with Gasteiger partial charge >= 0.3 is 10.5 Å². The van der Waals surface area contributed by atoms with E-state index < -0.39 is 28.7 Å². The molecule has 3 aromatic rings. The molecule has 0 bridgehead atoms. The van der Waals surface area contributed by atoms with E-state index in [0.717, 1.165) is 28.9 Å². The number of halogens is 3. The lowest BCUT2D eigenvalue weighted by molar-refractivity contribution is 0.292. The summed E-state index contributed by atoms with van der Waals surface area (Å²) in [6, 6.07) is 6.85. The standard InChI is InChI=1S/C14H9F3N4O4S/c15-13-5-9(21-8-18-19-20-21)6-14(16)12(13)7-24-10-1-3-11(4-2-10)25-26(17,22)23/h1-6,8H,7H2. The van der Waals surface area contributed by atoms with Gasteiger partial charge in [-0.1, -0.05) is 3.89 Å². The average molecular weight is 386 g/mol. The third-order valence-electron chi connectivity index (χ3n) is 3.14. The third-order valence-corrected chi connectivity index (χ3v) is 3.53. The second-order valence-corrected chi connectivity index (χ2v) is 5.83. The van der Waals surface area contributed by atoms with Crippen molar-refractivity contribution in [2.75, 3.05) is 0 Å². The third kappa shape index (κ3) is 4.27. The van der Waals surface area contributed by atoms with Crippen LogP contribution in [0.2, 0.25) is 0 Å². The zero-order valence-electron chi connectivity index (χ0n) is 12.7. The number of hydrogen-bond acceptors (Lipinski definition) is 7. The summed E-state index contributed by atoms with van der Waals surface area (Å²) in [6.45, 7) is -0.435. The summed E-state index contributed by atoms with van der Waals surface area (Å²) in [5.41, 5.74) is -0.226. The minimum Gasteiger partial charge on any atom is -0.489 e. The smallest absolute Gasteiger partial charge is 0.488 e. The Morgan fingerprint density at radius 1 is 1.04 bits per heavy atom. The molecule has 0 saturated carbocycles. The number of aromatic nitrogens is 4. The normalized spacial score (nSPS) is 11.3. The second-order valence-electron chi connectivity index (χ2n) is 4.88. The van der Waals surface area contributed by atoms with Gasteiger partial charge in [-0.3, -0.25) is 0 Å². The number of rotatable bonds is 6. The Morgan fingerprint density at radius 2 is 1.65 bits per heavy atom. The van der Waals surface area contributed by atoms with Crippen molar-refractivity contribution in [2.45, 2.75) is 6.61 Å². The predicted molar refractivity (Wildman–Crippen MR) is 80.5 cm³/mol. The summed E-state index contributed by atoms with van der Waals surface area (Å²) in [5, 5.41) is 10.3. The Kier molecular flexibility index (Phi) is 4.75. The monoisotopic (exact) mass is 386 g/mol. The van der Waals surface area contributed by atoms with Gasteiger partial charge in [0.15, 0.2) is 0 Å². The summed E-state index contributed by atoms with van der Waals surface area (Å²) in [5.74, 6) is -1.84. The van der Waals surface area contributed by atoms with Crippen molar-refractivity contribution in [1.29, 1.82) is 0 Å². The van der Waals surface area contributed by atoms with Crippen molar-refractivity contribution < 1.29 is 30.0 Å². The van der Waals surface area contributed by atoms with E-state index in [0.29, 0.717) is 0 Å². The van der Waals surface area contributed by atoms with Crippen molar-refractivity contribution >= 4 is 10.5 Å². The van der Waals surface area contributed by atoms with E-state index in [-0.39, 0.29) is 22.7 Å². The van der Waals surface area contributed by atoms with Crippen molar-refractivity contribution in [3.63, 3.8) is 0 Å². The Hall–Kier alpha value is -3.15. The zero-order valence-corrected chi connectivity index (χ0v) is 13.5. The molecule has 8 nitrogen and oxygen atoms in total. The molecule has 2 aromatic carbocycles. The highest BCUT2D eigenvalue weighted by Crippen LogP contribution is 2.23. The van der Waals surface area contributed by atoms with Crippen molar-refractivity contribution in [3.05, 3.63) is 59.9 Å². The molecular weight excluding hydrogens is 377 g/mol. The maximum absolute atomic E-state index is 14.1. The highest BCUT2D eigenvalue weighted by molar-refractivity contribution is 7.81. The number of tetrazole rings is 1. The van der Waals surface area contributed by atoms with Gasteiger partial charge in [-0.15, -0.1) is 5.10 Å². The van der Waals surface area contributed by atoms with Gasteiger partial charge in [-0.2, -0.15) is 8.42 Å². The molecule has 3 rings (SSSR count). The molecule has 0 amide bonds. The van der Waals surface area contributed by atoms with Crippen LogP contribution in [0, 0.1) is 11.6 Å². The number of nitrogens with zero attached hydrogens (tertiary/aromatic N) is 4. The van der Waals surface area contributed by atoms with Gasteiger partial charge in [-0.05, 0) is 34.7 Å².